The second-order valence-corrected chi connectivity index (χ2v) is 8.43. The van der Waals surface area contributed by atoms with Crippen LogP contribution in [0.1, 0.15) is 5.56 Å². The summed E-state index contributed by atoms with van der Waals surface area (Å²) in [6.45, 7) is 1.07. The highest BCUT2D eigenvalue weighted by molar-refractivity contribution is 8.32. The van der Waals surface area contributed by atoms with Gasteiger partial charge in [-0.1, -0.05) is 6.07 Å². The van der Waals surface area contributed by atoms with E-state index in [9.17, 15) is 13.2 Å². The number of hydrogen-bond acceptors (Lipinski definition) is 5. The summed E-state index contributed by atoms with van der Waals surface area (Å²) in [5.41, 5.74) is 5.56. The summed E-state index contributed by atoms with van der Waals surface area (Å²) in [7, 11) is 2.65. The van der Waals surface area contributed by atoms with Gasteiger partial charge in [0.1, 0.15) is 11.8 Å². The summed E-state index contributed by atoms with van der Waals surface area (Å²) in [5.74, 6) is 0.288. The van der Waals surface area contributed by atoms with E-state index in [1.807, 2.05) is 19.0 Å². The van der Waals surface area contributed by atoms with Crippen molar-refractivity contribution >= 4 is 16.1 Å². The number of amidine groups is 1. The third-order valence-corrected chi connectivity index (χ3v) is 5.97. The van der Waals surface area contributed by atoms with E-state index < -0.39 is 22.6 Å². The van der Waals surface area contributed by atoms with E-state index in [1.165, 1.54) is 24.5 Å². The van der Waals surface area contributed by atoms with Crippen LogP contribution in [0.5, 0.6) is 5.88 Å². The molecule has 28 heavy (non-hydrogen) atoms. The lowest BCUT2D eigenvalue weighted by Gasteiger charge is -2.19. The minimum atomic E-state index is -4.51. The monoisotopic (exact) mass is 410 g/mol. The molecule has 5 nitrogen and oxygen atoms in total. The number of benzene rings is 1. The highest BCUT2D eigenvalue weighted by Crippen LogP contribution is 2.45. The summed E-state index contributed by atoms with van der Waals surface area (Å²) < 4.78 is 46.8. The number of pyridine rings is 1. The summed E-state index contributed by atoms with van der Waals surface area (Å²) in [6.07, 6.45) is -1.53. The molecule has 2 N–H and O–H groups in total. The molecule has 0 saturated carbocycles. The Balaban J connectivity index is 1.95. The number of likely N-dealkylation sites (N-methyl/N-ethyl adjacent to an activating group) is 1. The fourth-order valence-corrected chi connectivity index (χ4v) is 4.17. The van der Waals surface area contributed by atoms with E-state index in [0.29, 0.717) is 28.8 Å². The van der Waals surface area contributed by atoms with Crippen LogP contribution in [0.2, 0.25) is 0 Å². The number of halogens is 3. The average molecular weight is 410 g/mol. The van der Waals surface area contributed by atoms with Crippen molar-refractivity contribution in [1.29, 1.82) is 0 Å². The van der Waals surface area contributed by atoms with Crippen LogP contribution < -0.4 is 10.5 Å². The van der Waals surface area contributed by atoms with E-state index in [4.69, 9.17) is 10.5 Å². The lowest BCUT2D eigenvalue weighted by Crippen LogP contribution is -2.19. The fraction of sp³-hybridized carbons (Fsp3) is 0.263. The number of rotatable bonds is 6. The van der Waals surface area contributed by atoms with Gasteiger partial charge in [0.05, 0.1) is 5.56 Å². The van der Waals surface area contributed by atoms with Crippen molar-refractivity contribution in [1.82, 2.24) is 9.88 Å². The molecule has 0 radical (unpaired) electrons. The molecule has 1 unspecified atom stereocenters. The molecule has 0 aliphatic carbocycles. The predicted octanol–water partition coefficient (Wildman–Crippen LogP) is 3.87. The number of hydrogen-bond donors (Lipinski definition) is 2. The first-order valence-corrected chi connectivity index (χ1v) is 9.91. The molecule has 0 saturated heterocycles. The zero-order valence-electron chi connectivity index (χ0n) is 15.4. The van der Waals surface area contributed by atoms with E-state index in [0.717, 1.165) is 6.07 Å². The van der Waals surface area contributed by atoms with Crippen molar-refractivity contribution in [3.63, 3.8) is 0 Å². The van der Waals surface area contributed by atoms with E-state index in [1.54, 1.807) is 17.5 Å². The van der Waals surface area contributed by atoms with Crippen molar-refractivity contribution in [2.24, 2.45) is 10.7 Å². The van der Waals surface area contributed by atoms with Gasteiger partial charge in [0.15, 0.2) is 0 Å². The van der Waals surface area contributed by atoms with Crippen LogP contribution in [0.3, 0.4) is 0 Å². The molecule has 1 aromatic heterocycles. The molecule has 0 bridgehead atoms. The molecule has 1 aliphatic heterocycles. The Kier molecular flexibility index (Phi) is 5.95. The van der Waals surface area contributed by atoms with Crippen molar-refractivity contribution in [2.75, 3.05) is 27.2 Å². The van der Waals surface area contributed by atoms with Crippen LogP contribution in [0.15, 0.2) is 58.0 Å². The summed E-state index contributed by atoms with van der Waals surface area (Å²) in [6, 6.07) is 7.36. The molecule has 2 heterocycles. The van der Waals surface area contributed by atoms with E-state index in [-0.39, 0.29) is 11.4 Å². The number of aliphatic imine (C=N–C) groups is 1. The number of alkyl halides is 3. The summed E-state index contributed by atoms with van der Waals surface area (Å²) in [4.78, 5) is 10.5. The maximum Gasteiger partial charge on any atom is 0.417 e. The SMILES string of the molecule is CN(C)CCOc1cc(-c2ccc([SH]3C=CN=C3N)cc2C(F)(F)F)ccn1. The Morgan fingerprint density at radius 1 is 1.18 bits per heavy atom. The summed E-state index contributed by atoms with van der Waals surface area (Å²) >= 11 is 0. The quantitative estimate of drug-likeness (QED) is 0.710. The van der Waals surface area contributed by atoms with Crippen LogP contribution in [-0.4, -0.2) is 42.3 Å². The first-order chi connectivity index (χ1) is 13.3. The van der Waals surface area contributed by atoms with Gasteiger partial charge >= 0.3 is 6.18 Å². The number of thiol groups is 1. The van der Waals surface area contributed by atoms with Gasteiger partial charge in [-0.15, -0.1) is 10.9 Å². The topological polar surface area (TPSA) is 63.7 Å². The third kappa shape index (κ3) is 4.66. The standard InChI is InChI=1S/C19H21F3N4OS/c1-26(2)8-9-27-17-11-13(5-6-24-17)15-4-3-14(12-16(15)19(20,21)22)28-10-7-25-18(28)23/h3-7,10-12,28H,8-9H2,1-2H3,(H2,23,25). The molecule has 3 rings (SSSR count). The normalized spacial score (nSPS) is 17.8. The molecular weight excluding hydrogens is 389 g/mol. The smallest absolute Gasteiger partial charge is 0.417 e. The fourth-order valence-electron chi connectivity index (χ4n) is 2.69. The molecule has 0 amide bonds. The minimum Gasteiger partial charge on any atom is -0.476 e. The van der Waals surface area contributed by atoms with Gasteiger partial charge in [0.25, 0.3) is 0 Å². The van der Waals surface area contributed by atoms with Gasteiger partial charge in [-0.2, -0.15) is 13.2 Å². The number of nitrogens with two attached hydrogens (primary N) is 1. The number of aromatic nitrogens is 1. The highest BCUT2D eigenvalue weighted by atomic mass is 32.2. The Bertz CT molecular complexity index is 912. The van der Waals surface area contributed by atoms with Crippen molar-refractivity contribution < 1.29 is 17.9 Å². The van der Waals surface area contributed by atoms with Crippen LogP contribution in [-0.2, 0) is 6.18 Å². The van der Waals surface area contributed by atoms with E-state index >= 15 is 0 Å². The molecule has 1 aliphatic rings. The molecule has 9 heteroatoms. The largest absolute Gasteiger partial charge is 0.476 e. The second kappa shape index (κ2) is 8.24. The molecular formula is C19H21F3N4OS. The molecule has 0 fully saturated rings. The average Bonchev–Trinajstić information content (AvgIpc) is 3.06. The van der Waals surface area contributed by atoms with Crippen LogP contribution in [0.25, 0.3) is 11.1 Å². The zero-order valence-corrected chi connectivity index (χ0v) is 16.3. The predicted molar refractivity (Wildman–Crippen MR) is 107 cm³/mol. The Hall–Kier alpha value is -2.52. The first-order valence-electron chi connectivity index (χ1n) is 8.50. The summed E-state index contributed by atoms with van der Waals surface area (Å²) in [5, 5.41) is 2.08. The zero-order chi connectivity index (χ0) is 20.3. The van der Waals surface area contributed by atoms with Gasteiger partial charge in [0, 0.05) is 25.0 Å². The third-order valence-electron chi connectivity index (χ3n) is 4.09. The molecule has 0 spiro atoms. The molecule has 150 valence electrons. The van der Waals surface area contributed by atoms with Crippen LogP contribution in [0, 0.1) is 0 Å². The van der Waals surface area contributed by atoms with Crippen molar-refractivity contribution in [2.45, 2.75) is 11.1 Å². The maximum atomic E-state index is 13.8. The lowest BCUT2D eigenvalue weighted by atomic mass is 10.0. The van der Waals surface area contributed by atoms with Crippen LogP contribution >= 0.6 is 10.9 Å². The molecule has 1 aromatic carbocycles. The van der Waals surface area contributed by atoms with Crippen LogP contribution in [0.4, 0.5) is 13.2 Å². The van der Waals surface area contributed by atoms with Gasteiger partial charge in [0.2, 0.25) is 5.88 Å². The first kappa shape index (κ1) is 20.2. The molecule has 1 atom stereocenters. The lowest BCUT2D eigenvalue weighted by molar-refractivity contribution is -0.137. The number of nitrogens with zero attached hydrogens (tertiary/aromatic N) is 3. The van der Waals surface area contributed by atoms with Gasteiger partial charge < -0.3 is 15.4 Å². The minimum absolute atomic E-state index is 0.0739. The van der Waals surface area contributed by atoms with Crippen molar-refractivity contribution in [3.05, 3.63) is 53.7 Å². The number of ether oxygens (including phenoxy) is 1. The second-order valence-electron chi connectivity index (χ2n) is 6.42. The Labute approximate surface area is 164 Å². The Morgan fingerprint density at radius 3 is 2.61 bits per heavy atom. The van der Waals surface area contributed by atoms with Gasteiger partial charge in [-0.3, -0.25) is 0 Å². The molecule has 2 aromatic rings. The van der Waals surface area contributed by atoms with Gasteiger partial charge in [-0.05, 0) is 53.7 Å². The van der Waals surface area contributed by atoms with E-state index in [2.05, 4.69) is 9.98 Å². The maximum absolute atomic E-state index is 13.8. The Morgan fingerprint density at radius 2 is 1.96 bits per heavy atom. The van der Waals surface area contributed by atoms with Crippen molar-refractivity contribution in [3.8, 4) is 17.0 Å². The van der Waals surface area contributed by atoms with Gasteiger partial charge in [-0.25, -0.2) is 9.98 Å². The highest BCUT2D eigenvalue weighted by Gasteiger charge is 2.34.